The van der Waals surface area contributed by atoms with Crippen molar-refractivity contribution in [3.63, 3.8) is 0 Å². The van der Waals surface area contributed by atoms with Crippen LogP contribution in [0.1, 0.15) is 39.5 Å². The minimum atomic E-state index is -0.0971. The van der Waals surface area contributed by atoms with Gasteiger partial charge < -0.3 is 10.6 Å². The van der Waals surface area contributed by atoms with E-state index in [0.717, 1.165) is 38.8 Å². The number of nitrogens with two attached hydrogens (primary N) is 1. The van der Waals surface area contributed by atoms with Crippen molar-refractivity contribution in [3.05, 3.63) is 0 Å². The van der Waals surface area contributed by atoms with Gasteiger partial charge in [-0.2, -0.15) is 11.8 Å². The Kier molecular flexibility index (Phi) is 5.92. The van der Waals surface area contributed by atoms with Crippen molar-refractivity contribution in [2.24, 2.45) is 11.7 Å². The van der Waals surface area contributed by atoms with Gasteiger partial charge in [0.05, 0.1) is 9.74 Å². The highest BCUT2D eigenvalue weighted by Gasteiger charge is 2.38. The van der Waals surface area contributed by atoms with Crippen LogP contribution >= 0.6 is 24.0 Å². The molecule has 1 atom stereocenters. The molecule has 1 unspecified atom stereocenters. The molecule has 1 fully saturated rings. The highest BCUT2D eigenvalue weighted by molar-refractivity contribution is 8.02. The van der Waals surface area contributed by atoms with Crippen LogP contribution in [0.2, 0.25) is 0 Å². The van der Waals surface area contributed by atoms with Crippen molar-refractivity contribution in [3.8, 4) is 0 Å². The Balaban J connectivity index is 2.58. The van der Waals surface area contributed by atoms with Gasteiger partial charge in [0.1, 0.15) is 0 Å². The predicted octanol–water partition coefficient (Wildman–Crippen LogP) is 2.43. The summed E-state index contributed by atoms with van der Waals surface area (Å²) in [6.07, 6.45) is 5.85. The predicted molar refractivity (Wildman–Crippen MR) is 82.9 cm³/mol. The molecule has 1 rings (SSSR count). The Morgan fingerprint density at radius 1 is 1.50 bits per heavy atom. The summed E-state index contributed by atoms with van der Waals surface area (Å²) in [5.74, 6) is 0.427. The SMILES string of the molecule is CCCC(C)C(=O)N1CCC(SC)(C(N)=S)CC1. The molecular formula is C13H24N2OS2. The second-order valence-corrected chi connectivity index (χ2v) is 6.71. The van der Waals surface area contributed by atoms with Gasteiger partial charge in [0.15, 0.2) is 0 Å². The third-order valence-electron chi connectivity index (χ3n) is 3.87. The fraction of sp³-hybridized carbons (Fsp3) is 0.846. The number of rotatable bonds is 5. The minimum Gasteiger partial charge on any atom is -0.392 e. The summed E-state index contributed by atoms with van der Waals surface area (Å²) in [6, 6.07) is 0. The van der Waals surface area contributed by atoms with Crippen LogP contribution in [0.15, 0.2) is 0 Å². The number of nitrogens with zero attached hydrogens (tertiary/aromatic N) is 1. The molecule has 0 radical (unpaired) electrons. The van der Waals surface area contributed by atoms with E-state index in [0.29, 0.717) is 4.99 Å². The second-order valence-electron chi connectivity index (χ2n) is 5.08. The molecule has 0 aromatic heterocycles. The first-order valence-electron chi connectivity index (χ1n) is 6.60. The average Bonchev–Trinajstić information content (AvgIpc) is 2.38. The van der Waals surface area contributed by atoms with Gasteiger partial charge in [0.2, 0.25) is 5.91 Å². The van der Waals surface area contributed by atoms with Crippen LogP contribution in [0.4, 0.5) is 0 Å². The van der Waals surface area contributed by atoms with E-state index in [2.05, 4.69) is 13.2 Å². The maximum absolute atomic E-state index is 12.2. The maximum Gasteiger partial charge on any atom is 0.225 e. The minimum absolute atomic E-state index is 0.0971. The van der Waals surface area contributed by atoms with Crippen LogP contribution in [0.3, 0.4) is 0 Å². The summed E-state index contributed by atoms with van der Waals surface area (Å²) in [4.78, 5) is 14.8. The molecule has 1 aliphatic heterocycles. The summed E-state index contributed by atoms with van der Waals surface area (Å²) < 4.78 is -0.0971. The lowest BCUT2D eigenvalue weighted by Gasteiger charge is -2.40. The normalized spacial score (nSPS) is 20.5. The van der Waals surface area contributed by atoms with Crippen LogP contribution in [-0.4, -0.2) is 39.9 Å². The zero-order valence-electron chi connectivity index (χ0n) is 11.6. The summed E-state index contributed by atoms with van der Waals surface area (Å²) in [7, 11) is 0. The average molecular weight is 288 g/mol. The smallest absolute Gasteiger partial charge is 0.225 e. The first-order chi connectivity index (χ1) is 8.46. The van der Waals surface area contributed by atoms with Gasteiger partial charge in [-0.1, -0.05) is 32.5 Å². The third-order valence-corrected chi connectivity index (χ3v) is 5.80. The number of thiocarbonyl (C=S) groups is 1. The largest absolute Gasteiger partial charge is 0.392 e. The van der Waals surface area contributed by atoms with Crippen molar-refractivity contribution in [2.45, 2.75) is 44.3 Å². The monoisotopic (exact) mass is 288 g/mol. The van der Waals surface area contributed by atoms with Gasteiger partial charge in [-0.05, 0) is 25.5 Å². The molecule has 3 nitrogen and oxygen atoms in total. The Morgan fingerprint density at radius 2 is 2.06 bits per heavy atom. The number of piperidine rings is 1. The molecule has 1 aliphatic rings. The van der Waals surface area contributed by atoms with E-state index in [1.54, 1.807) is 11.8 Å². The number of thioether (sulfide) groups is 1. The second kappa shape index (κ2) is 6.75. The molecule has 104 valence electrons. The van der Waals surface area contributed by atoms with Gasteiger partial charge in [-0.3, -0.25) is 4.79 Å². The first-order valence-corrected chi connectivity index (χ1v) is 8.24. The van der Waals surface area contributed by atoms with Gasteiger partial charge in [0.25, 0.3) is 0 Å². The van der Waals surface area contributed by atoms with Crippen LogP contribution in [0, 0.1) is 5.92 Å². The highest BCUT2D eigenvalue weighted by atomic mass is 32.2. The van der Waals surface area contributed by atoms with Crippen LogP contribution in [0.25, 0.3) is 0 Å². The lowest BCUT2D eigenvalue weighted by atomic mass is 9.94. The van der Waals surface area contributed by atoms with Gasteiger partial charge >= 0.3 is 0 Å². The fourth-order valence-corrected chi connectivity index (χ4v) is 3.75. The summed E-state index contributed by atoms with van der Waals surface area (Å²) in [5, 5.41) is 0. The topological polar surface area (TPSA) is 46.3 Å². The van der Waals surface area contributed by atoms with Gasteiger partial charge in [-0.15, -0.1) is 0 Å². The number of carbonyl (C=O) groups is 1. The lowest BCUT2D eigenvalue weighted by Crippen LogP contribution is -2.51. The van der Waals surface area contributed by atoms with Crippen molar-refractivity contribution in [2.75, 3.05) is 19.3 Å². The molecule has 0 aliphatic carbocycles. The fourth-order valence-electron chi connectivity index (χ4n) is 2.51. The molecule has 0 aromatic rings. The van der Waals surface area contributed by atoms with E-state index in [-0.39, 0.29) is 16.6 Å². The Labute approximate surface area is 120 Å². The Hall–Kier alpha value is -0.290. The molecular weight excluding hydrogens is 264 g/mol. The maximum atomic E-state index is 12.2. The summed E-state index contributed by atoms with van der Waals surface area (Å²) in [5.41, 5.74) is 5.85. The quantitative estimate of drug-likeness (QED) is 0.789. The summed E-state index contributed by atoms with van der Waals surface area (Å²) >= 11 is 6.91. The van der Waals surface area contributed by atoms with E-state index in [1.165, 1.54) is 0 Å². The molecule has 1 heterocycles. The van der Waals surface area contributed by atoms with E-state index >= 15 is 0 Å². The lowest BCUT2D eigenvalue weighted by molar-refractivity contribution is -0.136. The zero-order chi connectivity index (χ0) is 13.8. The van der Waals surface area contributed by atoms with Crippen molar-refractivity contribution >= 4 is 34.9 Å². The number of carbonyl (C=O) groups excluding carboxylic acids is 1. The number of likely N-dealkylation sites (tertiary alicyclic amines) is 1. The summed E-state index contributed by atoms with van der Waals surface area (Å²) in [6.45, 7) is 5.71. The van der Waals surface area contributed by atoms with E-state index in [1.807, 2.05) is 11.8 Å². The van der Waals surface area contributed by atoms with E-state index in [9.17, 15) is 4.79 Å². The van der Waals surface area contributed by atoms with Crippen molar-refractivity contribution in [1.82, 2.24) is 4.90 Å². The molecule has 18 heavy (non-hydrogen) atoms. The third kappa shape index (κ3) is 3.38. The van der Waals surface area contributed by atoms with Crippen LogP contribution in [0.5, 0.6) is 0 Å². The van der Waals surface area contributed by atoms with E-state index in [4.69, 9.17) is 18.0 Å². The van der Waals surface area contributed by atoms with Gasteiger partial charge in [0, 0.05) is 19.0 Å². The molecule has 0 spiro atoms. The molecule has 2 N–H and O–H groups in total. The molecule has 5 heteroatoms. The van der Waals surface area contributed by atoms with Crippen molar-refractivity contribution in [1.29, 1.82) is 0 Å². The molecule has 0 saturated carbocycles. The molecule has 1 saturated heterocycles. The van der Waals surface area contributed by atoms with Crippen molar-refractivity contribution < 1.29 is 4.79 Å². The van der Waals surface area contributed by atoms with Crippen LogP contribution in [-0.2, 0) is 4.79 Å². The highest BCUT2D eigenvalue weighted by Crippen LogP contribution is 2.35. The van der Waals surface area contributed by atoms with E-state index < -0.39 is 0 Å². The number of amides is 1. The number of hydrogen-bond acceptors (Lipinski definition) is 3. The first kappa shape index (κ1) is 15.8. The zero-order valence-corrected chi connectivity index (χ0v) is 13.2. The molecule has 1 amide bonds. The molecule has 0 aromatic carbocycles. The standard InChI is InChI=1S/C13H24N2OS2/c1-4-5-10(2)11(16)15-8-6-13(18-3,7-9-15)12(14)17/h10H,4-9H2,1-3H3,(H2,14,17). The number of hydrogen-bond donors (Lipinski definition) is 1. The van der Waals surface area contributed by atoms with Gasteiger partial charge in [-0.25, -0.2) is 0 Å². The Bertz CT molecular complexity index is 312. The van der Waals surface area contributed by atoms with Crippen LogP contribution < -0.4 is 5.73 Å². The molecule has 0 bridgehead atoms. The Morgan fingerprint density at radius 3 is 2.44 bits per heavy atom.